The standard InChI is InChI=1S/C58H90O17.C51H86O17/c1-31-32(2)47(45(66-39(31)9)29-64-25-40-21-17-15-18-22-40)74-57-52(62-13)37(7)50(43(69-57)27-60-11)71-54-35(5)33(3)48(42(67-54)26-59-10)75-58-53(63-14)38(8)51(44(70-58)28-61-12)72-55-36(6)34(4)49-46(68-55)30-65-56(73-49)41-23-19-16-20-24-41;1-26-28(3)42(40(60-34(26)9)25-59-21-35-18-16-15-17-19-35)67-50-46(57-13)33(8)45(39(63-50)24-56-12)66-49-31(6)29(4)43(37(62-49)22-54-10)68-51-47(58-14)32(7)44(38(64-51)23-55-11)65-48-30(5)27(2)41(53)36(20-52)61-48/h15-24,31-39,42-58H,25-30H2,1-14H3;15-19,26-34,36-53H,20-25H2,1-14H3/t31?,32-,33?,34-,35?,36?,37?,38+,39+,42+,43+,44?,45?,46?,47+,48+,49+,50+,51+,52?,53?,54-,55-,56?,57+,58+;26?,27-,28-,29?,30?,31?,32+,33?,34+,36?,37+,38?,39+,40?,41+,42+,43+,44+,45+,46?,47?,48-,49-,50+,51+/m11/s1. The highest BCUT2D eigenvalue weighted by Crippen LogP contribution is 2.49. The first-order chi connectivity index (χ1) is 68.8. The molecular formula is C109H176O34. The molecule has 11 heterocycles. The Bertz CT molecular complexity index is 4060. The Morgan fingerprint density at radius 1 is 0.252 bits per heavy atom. The Morgan fingerprint density at radius 3 is 0.818 bits per heavy atom. The van der Waals surface area contributed by atoms with Gasteiger partial charge in [-0.3, -0.25) is 0 Å². The van der Waals surface area contributed by atoms with Crippen molar-refractivity contribution < 1.29 is 162 Å². The van der Waals surface area contributed by atoms with Crippen LogP contribution in [0.15, 0.2) is 91.0 Å². The van der Waals surface area contributed by atoms with E-state index in [0.717, 1.165) is 16.7 Å². The predicted molar refractivity (Wildman–Crippen MR) is 523 cm³/mol. The first kappa shape index (κ1) is 116. The molecule has 11 aliphatic rings. The molecule has 0 aromatic heterocycles. The molecule has 11 saturated heterocycles. The van der Waals surface area contributed by atoms with Gasteiger partial charge >= 0.3 is 0 Å². The summed E-state index contributed by atoms with van der Waals surface area (Å²) in [4.78, 5) is 0. The number of aliphatic hydroxyl groups excluding tert-OH is 2. The van der Waals surface area contributed by atoms with Crippen molar-refractivity contribution >= 4 is 0 Å². The summed E-state index contributed by atoms with van der Waals surface area (Å²) in [6, 6.07) is 30.3. The molecule has 2 N–H and O–H groups in total. The zero-order valence-electron chi connectivity index (χ0n) is 90.0. The second kappa shape index (κ2) is 55.2. The van der Waals surface area contributed by atoms with E-state index in [1.807, 2.05) is 87.5 Å². The highest BCUT2D eigenvalue weighted by Gasteiger charge is 2.60. The maximum atomic E-state index is 10.7. The Kier molecular flexibility index (Phi) is 44.9. The number of rotatable bonds is 42. The lowest BCUT2D eigenvalue weighted by atomic mass is 9.81. The molecule has 21 unspecified atom stereocenters. The number of ether oxygens (including phenoxy) is 32. The summed E-state index contributed by atoms with van der Waals surface area (Å²) >= 11 is 0. The van der Waals surface area contributed by atoms with Gasteiger partial charge in [0.1, 0.15) is 85.5 Å². The van der Waals surface area contributed by atoms with Crippen molar-refractivity contribution in [2.75, 3.05) is 137 Å². The Labute approximate surface area is 850 Å². The van der Waals surface area contributed by atoms with Crippen LogP contribution in [0.5, 0.6) is 0 Å². The molecular weight excluding hydrogens is 1850 g/mol. The van der Waals surface area contributed by atoms with Crippen LogP contribution in [0.1, 0.15) is 148 Å². The Hall–Kier alpha value is -3.70. The second-order valence-electron chi connectivity index (χ2n) is 42.5. The number of benzene rings is 3. The molecule has 0 bridgehead atoms. The van der Waals surface area contributed by atoms with Crippen LogP contribution in [-0.2, 0) is 165 Å². The van der Waals surface area contributed by atoms with E-state index in [1.165, 1.54) is 0 Å². The smallest absolute Gasteiger partial charge is 0.185 e. The highest BCUT2D eigenvalue weighted by molar-refractivity contribution is 5.18. The van der Waals surface area contributed by atoms with Gasteiger partial charge in [0.25, 0.3) is 0 Å². The zero-order chi connectivity index (χ0) is 103. The van der Waals surface area contributed by atoms with Crippen LogP contribution in [0.25, 0.3) is 0 Å². The normalized spacial score (nSPS) is 45.1. The number of hydrogen-bond donors (Lipinski definition) is 2. The van der Waals surface area contributed by atoms with Gasteiger partial charge in [0, 0.05) is 124 Å². The van der Waals surface area contributed by atoms with Gasteiger partial charge in [-0.05, 0) is 72.3 Å². The van der Waals surface area contributed by atoms with Crippen LogP contribution in [-0.4, -0.2) is 356 Å². The monoisotopic (exact) mass is 2030 g/mol. The summed E-state index contributed by atoms with van der Waals surface area (Å²) in [7, 11) is 16.6. The quantitative estimate of drug-likeness (QED) is 0.0532. The maximum absolute atomic E-state index is 10.7. The molecule has 0 saturated carbocycles. The molecule has 11 fully saturated rings. The fourth-order valence-electron chi connectivity index (χ4n) is 23.3. The summed E-state index contributed by atoms with van der Waals surface area (Å²) in [6.45, 7) is 41.4. The average molecular weight is 2030 g/mol. The van der Waals surface area contributed by atoms with E-state index in [-0.39, 0.29) is 190 Å². The third-order valence-electron chi connectivity index (χ3n) is 33.6. The first-order valence-corrected chi connectivity index (χ1v) is 52.5. The maximum Gasteiger partial charge on any atom is 0.185 e. The molecule has 11 aliphatic heterocycles. The molecule has 0 spiro atoms. The van der Waals surface area contributed by atoms with Gasteiger partial charge in [-0.25, -0.2) is 0 Å². The summed E-state index contributed by atoms with van der Waals surface area (Å²) in [5.41, 5.74) is 3.18. The number of hydrogen-bond acceptors (Lipinski definition) is 34. The van der Waals surface area contributed by atoms with Gasteiger partial charge in [0.15, 0.2) is 56.6 Å². The molecule has 0 radical (unpaired) electrons. The summed E-state index contributed by atoms with van der Waals surface area (Å²) in [6.07, 6.45) is -17.5. The van der Waals surface area contributed by atoms with Crippen LogP contribution in [0, 0.1) is 94.7 Å². The minimum absolute atomic E-state index is 0.00173. The van der Waals surface area contributed by atoms with E-state index >= 15 is 0 Å². The lowest BCUT2D eigenvalue weighted by molar-refractivity contribution is -0.383. The van der Waals surface area contributed by atoms with Crippen molar-refractivity contribution in [2.24, 2.45) is 94.7 Å². The zero-order valence-corrected chi connectivity index (χ0v) is 90.0. The number of aliphatic hydroxyl groups is 2. The van der Waals surface area contributed by atoms with Crippen LogP contribution in [0.4, 0.5) is 0 Å². The van der Waals surface area contributed by atoms with Gasteiger partial charge in [0.2, 0.25) is 0 Å². The van der Waals surface area contributed by atoms with E-state index in [2.05, 4.69) is 128 Å². The molecule has 14 rings (SSSR count). The van der Waals surface area contributed by atoms with Crippen molar-refractivity contribution in [3.8, 4) is 0 Å². The van der Waals surface area contributed by atoms with Crippen molar-refractivity contribution in [1.82, 2.24) is 0 Å². The molecule has 0 amide bonds. The summed E-state index contributed by atoms with van der Waals surface area (Å²) in [5, 5.41) is 20.7. The molecule has 816 valence electrons. The van der Waals surface area contributed by atoms with Gasteiger partial charge in [0.05, 0.1) is 153 Å². The van der Waals surface area contributed by atoms with Crippen LogP contribution in [0.2, 0.25) is 0 Å². The fourth-order valence-corrected chi connectivity index (χ4v) is 23.3. The van der Waals surface area contributed by atoms with E-state index in [9.17, 15) is 10.2 Å². The van der Waals surface area contributed by atoms with Crippen LogP contribution >= 0.6 is 0 Å². The number of methoxy groups -OCH3 is 10. The molecule has 3 aromatic carbocycles. The minimum Gasteiger partial charge on any atom is -0.394 e. The number of fused-ring (bicyclic) bond motifs is 1. The van der Waals surface area contributed by atoms with Crippen LogP contribution < -0.4 is 0 Å². The van der Waals surface area contributed by atoms with Gasteiger partial charge < -0.3 is 162 Å². The third kappa shape index (κ3) is 27.6. The predicted octanol–water partition coefficient (Wildman–Crippen LogP) is 12.4. The molecule has 51 atom stereocenters. The van der Waals surface area contributed by atoms with Gasteiger partial charge in [-0.15, -0.1) is 0 Å². The lowest BCUT2D eigenvalue weighted by Crippen LogP contribution is -2.63. The molecule has 143 heavy (non-hydrogen) atoms. The SMILES string of the molecule is COCC1O[C@@H](O[C@H]2C(C)C(C)[C@@H](O[C@H]3C(C)C(OC)[C@H](O[C@@H]4C(COCc5ccccc5)O[C@@H](C)C(C)[C@H]4C)O[C@H]3COC)O[C@H]2COC)C(OC)[C@@H](C)[C@@H]1O[C@H]1OC(CO)[C@@H](O)[C@H](C)C1C.COCC1O[C@@H](O[C@H]2C(C)C(C)[C@@H](O[C@H]3C(C)C(OC)[C@H](O[C@@H]4C(COCc5ccccc5)O[C@@H](C)C(C)[C@H]4C)O[C@H]3COC)O[C@H]2COC)C(OC)[C@@H](C)[C@@H]1O[C@H]1OC2COC(c3ccccc3)O[C@H]2[C@H](C)C1C. The second-order valence-corrected chi connectivity index (χ2v) is 42.5. The van der Waals surface area contributed by atoms with Gasteiger partial charge in [-0.1, -0.05) is 202 Å². The average Bonchev–Trinajstić information content (AvgIpc) is 0.763. The lowest BCUT2D eigenvalue weighted by Gasteiger charge is -2.52. The largest absolute Gasteiger partial charge is 0.394 e. The van der Waals surface area contributed by atoms with E-state index < -0.39 is 166 Å². The third-order valence-corrected chi connectivity index (χ3v) is 33.6. The molecule has 34 heteroatoms. The Morgan fingerprint density at radius 2 is 0.510 bits per heavy atom. The van der Waals surface area contributed by atoms with Crippen molar-refractivity contribution in [3.63, 3.8) is 0 Å². The fraction of sp³-hybridized carbons (Fsp3) is 0.835. The Balaban J connectivity index is 0.000000241. The van der Waals surface area contributed by atoms with E-state index in [0.29, 0.717) is 33.0 Å². The minimum atomic E-state index is -0.818. The summed E-state index contributed by atoms with van der Waals surface area (Å²) in [5.74, 6) is -0.797. The van der Waals surface area contributed by atoms with Gasteiger partial charge in [-0.2, -0.15) is 0 Å². The summed E-state index contributed by atoms with van der Waals surface area (Å²) < 4.78 is 207. The first-order valence-electron chi connectivity index (χ1n) is 52.5. The topological polar surface area (TPSA) is 336 Å². The van der Waals surface area contributed by atoms with Crippen LogP contribution in [0.3, 0.4) is 0 Å². The van der Waals surface area contributed by atoms with Crippen molar-refractivity contribution in [1.29, 1.82) is 0 Å². The molecule has 3 aromatic rings. The van der Waals surface area contributed by atoms with E-state index in [4.69, 9.17) is 152 Å². The van der Waals surface area contributed by atoms with Crippen molar-refractivity contribution in [3.05, 3.63) is 108 Å². The molecule has 0 aliphatic carbocycles. The molecule has 34 nitrogen and oxygen atoms in total. The van der Waals surface area contributed by atoms with E-state index in [1.54, 1.807) is 71.1 Å². The van der Waals surface area contributed by atoms with Crippen molar-refractivity contribution in [2.45, 2.75) is 353 Å². The highest BCUT2D eigenvalue weighted by atomic mass is 16.8.